The fourth-order valence-electron chi connectivity index (χ4n) is 10.2. The van der Waals surface area contributed by atoms with Crippen molar-refractivity contribution in [3.8, 4) is 0 Å². The fraction of sp³-hybridized carbons (Fsp3) is 0.845. The van der Waals surface area contributed by atoms with Crippen molar-refractivity contribution in [2.24, 2.45) is 0 Å². The predicted molar refractivity (Wildman–Crippen MR) is 335 cm³/mol. The maximum atomic E-state index is 12.9. The van der Waals surface area contributed by atoms with E-state index in [2.05, 4.69) is 69.4 Å². The van der Waals surface area contributed by atoms with E-state index in [4.69, 9.17) is 14.2 Å². The lowest BCUT2D eigenvalue weighted by atomic mass is 10.0. The van der Waals surface area contributed by atoms with Gasteiger partial charge in [0.1, 0.15) is 13.2 Å². The van der Waals surface area contributed by atoms with E-state index in [0.717, 1.165) is 96.3 Å². The SMILES string of the molecule is CCC/C=C\C/C=C\CCCCCCCC(=O)OCC(COC(=O)CCCCCCCCCCCCCCCCCCCCCCCCCCCCCC)OC(=O)CCCCCCCCC/C=C\C/C=C\CCCCCC. The molecule has 0 bridgehead atoms. The summed E-state index contributed by atoms with van der Waals surface area (Å²) in [7, 11) is 0. The van der Waals surface area contributed by atoms with Crippen LogP contribution >= 0.6 is 0 Å². The minimum absolute atomic E-state index is 0.0775. The van der Waals surface area contributed by atoms with Crippen molar-refractivity contribution in [3.63, 3.8) is 0 Å². The first kappa shape index (κ1) is 74.4. The molecule has 0 rings (SSSR count). The summed E-state index contributed by atoms with van der Waals surface area (Å²) in [6.07, 6.45) is 82.9. The number of rotatable bonds is 63. The number of hydrogen-bond acceptors (Lipinski definition) is 6. The Morgan fingerprint density at radius 1 is 0.260 bits per heavy atom. The molecule has 0 aliphatic heterocycles. The van der Waals surface area contributed by atoms with Gasteiger partial charge < -0.3 is 14.2 Å². The van der Waals surface area contributed by atoms with E-state index in [9.17, 15) is 14.4 Å². The summed E-state index contributed by atoms with van der Waals surface area (Å²) in [5.74, 6) is -0.879. The van der Waals surface area contributed by atoms with Gasteiger partial charge in [0.2, 0.25) is 0 Å². The Labute approximate surface area is 479 Å². The van der Waals surface area contributed by atoms with E-state index < -0.39 is 6.10 Å². The molecule has 0 radical (unpaired) electrons. The van der Waals surface area contributed by atoms with E-state index in [1.54, 1.807) is 0 Å². The van der Waals surface area contributed by atoms with Crippen molar-refractivity contribution < 1.29 is 28.6 Å². The van der Waals surface area contributed by atoms with Gasteiger partial charge in [0.05, 0.1) is 0 Å². The van der Waals surface area contributed by atoms with Crippen molar-refractivity contribution in [2.45, 2.75) is 374 Å². The molecule has 1 unspecified atom stereocenters. The number of esters is 3. The third kappa shape index (κ3) is 64.1. The van der Waals surface area contributed by atoms with E-state index >= 15 is 0 Å². The second-order valence-electron chi connectivity index (χ2n) is 23.1. The molecule has 0 saturated carbocycles. The number of ether oxygens (including phenoxy) is 3. The smallest absolute Gasteiger partial charge is 0.306 e. The van der Waals surface area contributed by atoms with Crippen molar-refractivity contribution in [3.05, 3.63) is 48.6 Å². The van der Waals surface area contributed by atoms with Crippen LogP contribution in [-0.2, 0) is 28.6 Å². The van der Waals surface area contributed by atoms with Crippen LogP contribution < -0.4 is 0 Å². The van der Waals surface area contributed by atoms with Gasteiger partial charge in [-0.15, -0.1) is 0 Å². The molecule has 0 amide bonds. The molecule has 0 saturated heterocycles. The Bertz CT molecular complexity index is 1330. The van der Waals surface area contributed by atoms with Crippen molar-refractivity contribution in [2.75, 3.05) is 13.2 Å². The van der Waals surface area contributed by atoms with Gasteiger partial charge in [0.15, 0.2) is 6.10 Å². The van der Waals surface area contributed by atoms with Crippen molar-refractivity contribution >= 4 is 17.9 Å². The Morgan fingerprint density at radius 2 is 0.494 bits per heavy atom. The topological polar surface area (TPSA) is 78.9 Å². The summed E-state index contributed by atoms with van der Waals surface area (Å²) in [4.78, 5) is 38.3. The fourth-order valence-corrected chi connectivity index (χ4v) is 10.2. The van der Waals surface area contributed by atoms with Crippen LogP contribution in [0.3, 0.4) is 0 Å². The van der Waals surface area contributed by atoms with Crippen LogP contribution in [0.1, 0.15) is 367 Å². The van der Waals surface area contributed by atoms with Gasteiger partial charge in [-0.05, 0) is 77.0 Å². The molecule has 1 atom stereocenters. The summed E-state index contributed by atoms with van der Waals surface area (Å²) in [6, 6.07) is 0. The largest absolute Gasteiger partial charge is 0.462 e. The predicted octanol–water partition coefficient (Wildman–Crippen LogP) is 23.3. The Kier molecular flexibility index (Phi) is 63.6. The van der Waals surface area contributed by atoms with Gasteiger partial charge in [-0.3, -0.25) is 14.4 Å². The van der Waals surface area contributed by atoms with Crippen LogP contribution in [0.2, 0.25) is 0 Å². The zero-order valence-electron chi connectivity index (χ0n) is 51.7. The summed E-state index contributed by atoms with van der Waals surface area (Å²) in [6.45, 7) is 6.60. The molecule has 0 N–H and O–H groups in total. The molecule has 0 aromatic rings. The second-order valence-corrected chi connectivity index (χ2v) is 23.1. The molecule has 6 heteroatoms. The number of unbranched alkanes of at least 4 members (excludes halogenated alkanes) is 44. The molecule has 77 heavy (non-hydrogen) atoms. The van der Waals surface area contributed by atoms with Crippen LogP contribution in [-0.4, -0.2) is 37.2 Å². The highest BCUT2D eigenvalue weighted by atomic mass is 16.6. The third-order valence-corrected chi connectivity index (χ3v) is 15.3. The molecule has 0 aromatic carbocycles. The third-order valence-electron chi connectivity index (χ3n) is 15.3. The highest BCUT2D eigenvalue weighted by Crippen LogP contribution is 2.18. The van der Waals surface area contributed by atoms with E-state index in [-0.39, 0.29) is 31.1 Å². The van der Waals surface area contributed by atoms with Crippen molar-refractivity contribution in [1.82, 2.24) is 0 Å². The zero-order valence-corrected chi connectivity index (χ0v) is 51.7. The normalized spacial score (nSPS) is 12.3. The highest BCUT2D eigenvalue weighted by Gasteiger charge is 2.19. The summed E-state index contributed by atoms with van der Waals surface area (Å²) < 4.78 is 16.9. The van der Waals surface area contributed by atoms with Crippen LogP contribution in [0, 0.1) is 0 Å². The van der Waals surface area contributed by atoms with E-state index in [1.165, 1.54) is 231 Å². The quantitative estimate of drug-likeness (QED) is 0.0261. The number of hydrogen-bond donors (Lipinski definition) is 0. The van der Waals surface area contributed by atoms with Gasteiger partial charge in [0.25, 0.3) is 0 Å². The summed E-state index contributed by atoms with van der Waals surface area (Å²) in [5.41, 5.74) is 0. The second kappa shape index (κ2) is 65.9. The molecule has 6 nitrogen and oxygen atoms in total. The molecule has 0 spiro atoms. The Balaban J connectivity index is 4.20. The number of carbonyl (C=O) groups excluding carboxylic acids is 3. The zero-order chi connectivity index (χ0) is 55.7. The van der Waals surface area contributed by atoms with Crippen LogP contribution in [0.15, 0.2) is 48.6 Å². The van der Waals surface area contributed by atoms with Crippen LogP contribution in [0.25, 0.3) is 0 Å². The number of allylic oxidation sites excluding steroid dienone is 8. The molecular formula is C71H130O6. The molecular weight excluding hydrogens is 949 g/mol. The first-order chi connectivity index (χ1) is 38.0. The van der Waals surface area contributed by atoms with Crippen molar-refractivity contribution in [1.29, 1.82) is 0 Å². The van der Waals surface area contributed by atoms with Gasteiger partial charge in [-0.1, -0.05) is 320 Å². The van der Waals surface area contributed by atoms with Crippen LogP contribution in [0.5, 0.6) is 0 Å². The van der Waals surface area contributed by atoms with Gasteiger partial charge >= 0.3 is 17.9 Å². The van der Waals surface area contributed by atoms with Gasteiger partial charge in [-0.25, -0.2) is 0 Å². The molecule has 0 aliphatic rings. The molecule has 0 aromatic heterocycles. The summed E-state index contributed by atoms with van der Waals surface area (Å²) in [5, 5.41) is 0. The van der Waals surface area contributed by atoms with Gasteiger partial charge in [0, 0.05) is 19.3 Å². The maximum Gasteiger partial charge on any atom is 0.306 e. The first-order valence-corrected chi connectivity index (χ1v) is 34.1. The summed E-state index contributed by atoms with van der Waals surface area (Å²) >= 11 is 0. The van der Waals surface area contributed by atoms with E-state index in [1.807, 2.05) is 0 Å². The Morgan fingerprint density at radius 3 is 0.779 bits per heavy atom. The molecule has 0 fully saturated rings. The minimum Gasteiger partial charge on any atom is -0.462 e. The Hall–Kier alpha value is -2.63. The van der Waals surface area contributed by atoms with Gasteiger partial charge in [-0.2, -0.15) is 0 Å². The lowest BCUT2D eigenvalue weighted by Crippen LogP contribution is -2.30. The van der Waals surface area contributed by atoms with Crippen LogP contribution in [0.4, 0.5) is 0 Å². The maximum absolute atomic E-state index is 12.9. The molecule has 0 aliphatic carbocycles. The molecule has 0 heterocycles. The monoisotopic (exact) mass is 1080 g/mol. The average molecular weight is 1080 g/mol. The standard InChI is InChI=1S/C71H130O6/c1-4-7-10-13-16-19-22-25-27-29-31-32-33-34-35-36-37-38-39-40-42-43-46-49-52-55-58-61-64-70(73)76-67-68(66-75-69(72)63-60-57-54-51-48-45-24-21-18-15-12-9-6-3)77-71(74)65-62-59-56-53-50-47-44-41-30-28-26-23-20-17-14-11-8-5-2/h12,15,20-21,23-24,28,30,68H,4-11,13-14,16-19,22,25-27,29,31-67H2,1-3H3/b15-12-,23-20-,24-21-,30-28-. The first-order valence-electron chi connectivity index (χ1n) is 34.1. The average Bonchev–Trinajstić information content (AvgIpc) is 3.43. The van der Waals surface area contributed by atoms with E-state index in [0.29, 0.717) is 19.3 Å². The lowest BCUT2D eigenvalue weighted by molar-refractivity contribution is -0.167. The molecule has 450 valence electrons. The lowest BCUT2D eigenvalue weighted by Gasteiger charge is -2.18. The minimum atomic E-state index is -0.783. The number of carbonyl (C=O) groups is 3. The highest BCUT2D eigenvalue weighted by molar-refractivity contribution is 5.71.